The Bertz CT molecular complexity index is 1190. The Hall–Kier alpha value is -2.63. The van der Waals surface area contributed by atoms with E-state index in [1.165, 1.54) is 17.5 Å². The van der Waals surface area contributed by atoms with Gasteiger partial charge in [-0.05, 0) is 72.3 Å². The van der Waals surface area contributed by atoms with E-state index in [0.717, 1.165) is 56.2 Å². The fourth-order valence-corrected chi connectivity index (χ4v) is 6.62. The minimum absolute atomic E-state index is 0.0414. The Balaban J connectivity index is 1.43. The Labute approximate surface area is 257 Å². The van der Waals surface area contributed by atoms with Crippen molar-refractivity contribution in [3.8, 4) is 0 Å². The molecular formula is C38H49F3O2. The van der Waals surface area contributed by atoms with E-state index in [1.54, 1.807) is 12.1 Å². The zero-order valence-electron chi connectivity index (χ0n) is 26.5. The zero-order chi connectivity index (χ0) is 31.1. The maximum Gasteiger partial charge on any atom is 0.416 e. The van der Waals surface area contributed by atoms with E-state index in [9.17, 15) is 13.2 Å². The van der Waals surface area contributed by atoms with Crippen LogP contribution in [0.3, 0.4) is 0 Å². The molecule has 0 aromatic heterocycles. The normalized spacial score (nSPS) is 20.3. The molecule has 0 N–H and O–H groups in total. The summed E-state index contributed by atoms with van der Waals surface area (Å²) < 4.78 is 52.1. The molecule has 0 aliphatic carbocycles. The maximum atomic E-state index is 13.0. The Morgan fingerprint density at radius 2 is 1.35 bits per heavy atom. The van der Waals surface area contributed by atoms with Crippen LogP contribution in [0.15, 0.2) is 84.9 Å². The summed E-state index contributed by atoms with van der Waals surface area (Å²) in [6.07, 6.45) is 2.65. The summed E-state index contributed by atoms with van der Waals surface area (Å²) in [6.45, 7) is 11.6. The van der Waals surface area contributed by atoms with E-state index in [0.29, 0.717) is 6.61 Å². The van der Waals surface area contributed by atoms with Crippen LogP contribution in [0.2, 0.25) is 0 Å². The molecule has 1 aliphatic rings. The molecule has 0 radical (unpaired) electrons. The van der Waals surface area contributed by atoms with Crippen LogP contribution in [0.5, 0.6) is 0 Å². The predicted molar refractivity (Wildman–Crippen MR) is 169 cm³/mol. The van der Waals surface area contributed by atoms with Crippen molar-refractivity contribution in [3.63, 3.8) is 0 Å². The largest absolute Gasteiger partial charge is 0.416 e. The summed E-state index contributed by atoms with van der Waals surface area (Å²) >= 11 is 0. The SMILES string of the molecule is CCCCC(CCCC(OC[C@H]1O[C@@H](c2ccc(C(F)(F)F)cc2)C[C@@H]1C)C(C)(C)C)(c1ccccc1)c1ccccc1. The first-order valence-corrected chi connectivity index (χ1v) is 16.0. The lowest BCUT2D eigenvalue weighted by Crippen LogP contribution is -2.34. The zero-order valence-corrected chi connectivity index (χ0v) is 26.5. The first kappa shape index (κ1) is 33.3. The molecule has 0 spiro atoms. The molecule has 5 heteroatoms. The Kier molecular flexibility index (Phi) is 11.2. The van der Waals surface area contributed by atoms with E-state index in [-0.39, 0.29) is 35.1 Å². The van der Waals surface area contributed by atoms with Gasteiger partial charge in [-0.3, -0.25) is 0 Å². The molecule has 1 saturated heterocycles. The highest BCUT2D eigenvalue weighted by molar-refractivity contribution is 5.39. The Morgan fingerprint density at radius 1 is 0.791 bits per heavy atom. The summed E-state index contributed by atoms with van der Waals surface area (Å²) in [5.74, 6) is 0.255. The van der Waals surface area contributed by atoms with Crippen LogP contribution in [-0.2, 0) is 21.1 Å². The number of unbranched alkanes of at least 4 members (excludes halogenated alkanes) is 1. The molecule has 3 aromatic carbocycles. The summed E-state index contributed by atoms with van der Waals surface area (Å²) in [4.78, 5) is 0. The van der Waals surface area contributed by atoms with Gasteiger partial charge in [0.2, 0.25) is 0 Å². The molecule has 0 amide bonds. The van der Waals surface area contributed by atoms with Crippen molar-refractivity contribution < 1.29 is 22.6 Å². The van der Waals surface area contributed by atoms with Gasteiger partial charge in [-0.25, -0.2) is 0 Å². The monoisotopic (exact) mass is 594 g/mol. The molecule has 3 aromatic rings. The third kappa shape index (κ3) is 8.51. The van der Waals surface area contributed by atoms with Gasteiger partial charge in [0.05, 0.1) is 30.5 Å². The second kappa shape index (κ2) is 14.4. The van der Waals surface area contributed by atoms with Gasteiger partial charge in [-0.2, -0.15) is 13.2 Å². The topological polar surface area (TPSA) is 18.5 Å². The number of benzene rings is 3. The first-order chi connectivity index (χ1) is 20.4. The molecule has 1 heterocycles. The fraction of sp³-hybridized carbons (Fsp3) is 0.526. The number of hydrogen-bond acceptors (Lipinski definition) is 2. The lowest BCUT2D eigenvalue weighted by atomic mass is 9.67. The van der Waals surface area contributed by atoms with Gasteiger partial charge in [0.1, 0.15) is 0 Å². The predicted octanol–water partition coefficient (Wildman–Crippen LogP) is 10.9. The Morgan fingerprint density at radius 3 is 1.86 bits per heavy atom. The van der Waals surface area contributed by atoms with Crippen LogP contribution in [-0.4, -0.2) is 18.8 Å². The average molecular weight is 595 g/mol. The van der Waals surface area contributed by atoms with Crippen molar-refractivity contribution in [1.29, 1.82) is 0 Å². The molecule has 0 bridgehead atoms. The molecule has 4 rings (SSSR count). The molecule has 1 fully saturated rings. The van der Waals surface area contributed by atoms with Crippen LogP contribution >= 0.6 is 0 Å². The van der Waals surface area contributed by atoms with Crippen LogP contribution in [0.1, 0.15) is 108 Å². The number of halogens is 3. The lowest BCUT2D eigenvalue weighted by Gasteiger charge is -2.37. The van der Waals surface area contributed by atoms with Crippen molar-refractivity contribution in [2.75, 3.05) is 6.61 Å². The number of alkyl halides is 3. The number of hydrogen-bond donors (Lipinski definition) is 0. The second-order valence-electron chi connectivity index (χ2n) is 13.5. The van der Waals surface area contributed by atoms with E-state index in [1.807, 2.05) is 0 Å². The van der Waals surface area contributed by atoms with E-state index in [2.05, 4.69) is 95.3 Å². The molecule has 1 aliphatic heterocycles. The first-order valence-electron chi connectivity index (χ1n) is 16.0. The van der Waals surface area contributed by atoms with Crippen molar-refractivity contribution in [2.24, 2.45) is 11.3 Å². The molecule has 43 heavy (non-hydrogen) atoms. The van der Waals surface area contributed by atoms with E-state index in [4.69, 9.17) is 9.47 Å². The fourth-order valence-electron chi connectivity index (χ4n) is 6.62. The van der Waals surface area contributed by atoms with Crippen molar-refractivity contribution in [1.82, 2.24) is 0 Å². The van der Waals surface area contributed by atoms with Crippen LogP contribution in [0.25, 0.3) is 0 Å². The summed E-state index contributed by atoms with van der Waals surface area (Å²) in [7, 11) is 0. The third-order valence-corrected chi connectivity index (χ3v) is 9.28. The van der Waals surface area contributed by atoms with Crippen LogP contribution in [0.4, 0.5) is 13.2 Å². The average Bonchev–Trinajstić information content (AvgIpc) is 3.36. The molecular weight excluding hydrogens is 545 g/mol. The maximum absolute atomic E-state index is 13.0. The highest BCUT2D eigenvalue weighted by Gasteiger charge is 2.37. The van der Waals surface area contributed by atoms with Crippen molar-refractivity contribution in [3.05, 3.63) is 107 Å². The van der Waals surface area contributed by atoms with Gasteiger partial charge in [-0.1, -0.05) is 120 Å². The standard InChI is InChI=1S/C38H49F3O2/c1-6-7-24-37(30-15-10-8-11-16-30,31-17-12-9-13-18-31)25-14-19-35(36(3,4)5)42-27-34-28(2)26-33(43-34)29-20-22-32(23-21-29)38(39,40)41/h8-13,15-18,20-23,28,33-35H,6-7,14,19,24-27H2,1-5H3/t28-,33+,34+,35?/m0/s1. The van der Waals surface area contributed by atoms with Gasteiger partial charge in [0.25, 0.3) is 0 Å². The molecule has 234 valence electrons. The minimum Gasteiger partial charge on any atom is -0.375 e. The lowest BCUT2D eigenvalue weighted by molar-refractivity contribution is -0.137. The van der Waals surface area contributed by atoms with Gasteiger partial charge in [-0.15, -0.1) is 0 Å². The second-order valence-corrected chi connectivity index (χ2v) is 13.5. The van der Waals surface area contributed by atoms with Gasteiger partial charge in [0, 0.05) is 5.41 Å². The van der Waals surface area contributed by atoms with Crippen LogP contribution in [0, 0.1) is 11.3 Å². The molecule has 4 atom stereocenters. The van der Waals surface area contributed by atoms with E-state index < -0.39 is 11.7 Å². The summed E-state index contributed by atoms with van der Waals surface area (Å²) in [5, 5.41) is 0. The molecule has 1 unspecified atom stereocenters. The highest BCUT2D eigenvalue weighted by Crippen LogP contribution is 2.43. The van der Waals surface area contributed by atoms with Crippen molar-refractivity contribution >= 4 is 0 Å². The number of rotatable bonds is 13. The highest BCUT2D eigenvalue weighted by atomic mass is 19.4. The summed E-state index contributed by atoms with van der Waals surface area (Å²) in [6, 6.07) is 27.3. The number of ether oxygens (including phenoxy) is 2. The minimum atomic E-state index is -4.33. The van der Waals surface area contributed by atoms with Crippen molar-refractivity contribution in [2.45, 2.75) is 109 Å². The van der Waals surface area contributed by atoms with E-state index >= 15 is 0 Å². The summed E-state index contributed by atoms with van der Waals surface area (Å²) in [5.41, 5.74) is 2.84. The smallest absolute Gasteiger partial charge is 0.375 e. The van der Waals surface area contributed by atoms with Gasteiger partial charge < -0.3 is 9.47 Å². The third-order valence-electron chi connectivity index (χ3n) is 9.28. The van der Waals surface area contributed by atoms with Crippen LogP contribution < -0.4 is 0 Å². The molecule has 2 nitrogen and oxygen atoms in total. The van der Waals surface area contributed by atoms with Gasteiger partial charge >= 0.3 is 6.18 Å². The van der Waals surface area contributed by atoms with Gasteiger partial charge in [0.15, 0.2) is 0 Å². The molecule has 0 saturated carbocycles. The quantitative estimate of drug-likeness (QED) is 0.196.